The topological polar surface area (TPSA) is 77.3 Å². The number of nitrogens with one attached hydrogen (secondary N) is 1. The van der Waals surface area contributed by atoms with E-state index in [-0.39, 0.29) is 11.4 Å². The number of halogens is 1. The molecule has 0 aliphatic rings. The van der Waals surface area contributed by atoms with Gasteiger partial charge in [0.25, 0.3) is 5.69 Å². The van der Waals surface area contributed by atoms with Crippen molar-refractivity contribution in [2.24, 2.45) is 0 Å². The van der Waals surface area contributed by atoms with Crippen LogP contribution in [0.1, 0.15) is 5.56 Å². The summed E-state index contributed by atoms with van der Waals surface area (Å²) in [5.41, 5.74) is 1.01. The Morgan fingerprint density at radius 2 is 2.15 bits per heavy atom. The molecule has 1 aromatic carbocycles. The average molecular weight is 277 g/mol. The predicted octanol–water partition coefficient (Wildman–Crippen LogP) is 3.19. The lowest BCUT2D eigenvalue weighted by molar-refractivity contribution is -0.385. The largest absolute Gasteiger partial charge is 0.494 e. The maximum Gasteiger partial charge on any atom is 0.290 e. The molecule has 0 radical (unpaired) electrons. The maximum absolute atomic E-state index is 13.3. The normalized spacial score (nSPS) is 10.2. The fourth-order valence-electron chi connectivity index (χ4n) is 1.69. The highest BCUT2D eigenvalue weighted by molar-refractivity contribution is 5.60. The Kier molecular flexibility index (Phi) is 3.79. The van der Waals surface area contributed by atoms with E-state index in [0.29, 0.717) is 17.1 Å². The minimum atomic E-state index is -0.493. The molecule has 20 heavy (non-hydrogen) atoms. The fraction of sp³-hybridized carbons (Fsp3) is 0.154. The number of nitrogens with zero attached hydrogens (tertiary/aromatic N) is 2. The number of ether oxygens (including phenoxy) is 1. The maximum atomic E-state index is 13.3. The molecule has 0 aliphatic heterocycles. The van der Waals surface area contributed by atoms with E-state index in [9.17, 15) is 14.5 Å². The van der Waals surface area contributed by atoms with E-state index < -0.39 is 10.7 Å². The van der Waals surface area contributed by atoms with Crippen LogP contribution < -0.4 is 10.1 Å². The molecule has 0 saturated heterocycles. The predicted molar refractivity (Wildman–Crippen MR) is 71.9 cm³/mol. The highest BCUT2D eigenvalue weighted by Gasteiger charge is 2.12. The van der Waals surface area contributed by atoms with Crippen LogP contribution in [0.3, 0.4) is 0 Å². The number of aromatic nitrogens is 1. The second-order valence-electron chi connectivity index (χ2n) is 4.09. The van der Waals surface area contributed by atoms with E-state index in [2.05, 4.69) is 10.3 Å². The summed E-state index contributed by atoms with van der Waals surface area (Å²) in [6, 6.07) is 5.82. The number of benzene rings is 1. The first-order valence-corrected chi connectivity index (χ1v) is 5.73. The van der Waals surface area contributed by atoms with Gasteiger partial charge in [-0.1, -0.05) is 0 Å². The second-order valence-corrected chi connectivity index (χ2v) is 4.09. The number of anilines is 2. The number of methoxy groups -OCH3 is 1. The highest BCUT2D eigenvalue weighted by Crippen LogP contribution is 2.25. The molecule has 0 aliphatic carbocycles. The van der Waals surface area contributed by atoms with Crippen molar-refractivity contribution in [2.75, 3.05) is 12.4 Å². The minimum absolute atomic E-state index is 0.0489. The summed E-state index contributed by atoms with van der Waals surface area (Å²) in [5.74, 6) is 0.0706. The third-order valence-electron chi connectivity index (χ3n) is 2.70. The lowest BCUT2D eigenvalue weighted by Gasteiger charge is -2.08. The van der Waals surface area contributed by atoms with Gasteiger partial charge in [-0.25, -0.2) is 9.37 Å². The molecule has 2 rings (SSSR count). The average Bonchev–Trinajstić information content (AvgIpc) is 2.40. The number of hydrogen-bond donors (Lipinski definition) is 1. The van der Waals surface area contributed by atoms with Gasteiger partial charge < -0.3 is 10.1 Å². The highest BCUT2D eigenvalue weighted by atomic mass is 19.1. The van der Waals surface area contributed by atoms with E-state index in [0.717, 1.165) is 0 Å². The van der Waals surface area contributed by atoms with Crippen molar-refractivity contribution < 1.29 is 14.1 Å². The van der Waals surface area contributed by atoms with Crippen molar-refractivity contribution >= 4 is 17.2 Å². The van der Waals surface area contributed by atoms with Crippen LogP contribution in [0.2, 0.25) is 0 Å². The van der Waals surface area contributed by atoms with Gasteiger partial charge in [0.15, 0.2) is 11.6 Å². The molecule has 7 heteroatoms. The molecule has 1 aromatic heterocycles. The zero-order valence-electron chi connectivity index (χ0n) is 10.9. The van der Waals surface area contributed by atoms with Crippen molar-refractivity contribution in [1.29, 1.82) is 0 Å². The fourth-order valence-corrected chi connectivity index (χ4v) is 1.69. The summed E-state index contributed by atoms with van der Waals surface area (Å²) in [5, 5.41) is 13.6. The van der Waals surface area contributed by atoms with E-state index in [1.165, 1.54) is 31.5 Å². The molecule has 0 atom stereocenters. The Hall–Kier alpha value is -2.70. The smallest absolute Gasteiger partial charge is 0.290 e. The van der Waals surface area contributed by atoms with Gasteiger partial charge in [-0.15, -0.1) is 0 Å². The number of rotatable bonds is 4. The van der Waals surface area contributed by atoms with E-state index in [1.54, 1.807) is 13.0 Å². The zero-order valence-corrected chi connectivity index (χ0v) is 10.9. The summed E-state index contributed by atoms with van der Waals surface area (Å²) in [7, 11) is 1.37. The Labute approximate surface area is 114 Å². The van der Waals surface area contributed by atoms with Gasteiger partial charge in [0.2, 0.25) is 0 Å². The molecule has 6 nitrogen and oxygen atoms in total. The zero-order chi connectivity index (χ0) is 14.7. The van der Waals surface area contributed by atoms with Crippen molar-refractivity contribution in [2.45, 2.75) is 6.92 Å². The quantitative estimate of drug-likeness (QED) is 0.686. The molecule has 1 N–H and O–H groups in total. The number of pyridine rings is 1. The van der Waals surface area contributed by atoms with Crippen molar-refractivity contribution in [3.63, 3.8) is 0 Å². The van der Waals surface area contributed by atoms with E-state index in [4.69, 9.17) is 4.74 Å². The first kappa shape index (κ1) is 13.7. The van der Waals surface area contributed by atoms with E-state index >= 15 is 0 Å². The molecule has 0 fully saturated rings. The Morgan fingerprint density at radius 3 is 2.75 bits per heavy atom. The van der Waals surface area contributed by atoms with E-state index in [1.807, 2.05) is 0 Å². The summed E-state index contributed by atoms with van der Waals surface area (Å²) in [6.07, 6.45) is 1.18. The summed E-state index contributed by atoms with van der Waals surface area (Å²) >= 11 is 0. The molecular formula is C13H12FN3O3. The van der Waals surface area contributed by atoms with Crippen LogP contribution in [0, 0.1) is 22.9 Å². The lowest BCUT2D eigenvalue weighted by atomic mass is 10.2. The molecule has 0 unspecified atom stereocenters. The molecule has 0 spiro atoms. The second kappa shape index (κ2) is 5.52. The van der Waals surface area contributed by atoms with Crippen LogP contribution in [-0.4, -0.2) is 17.0 Å². The first-order valence-electron chi connectivity index (χ1n) is 5.73. The van der Waals surface area contributed by atoms with Crippen LogP contribution in [0.25, 0.3) is 0 Å². The van der Waals surface area contributed by atoms with Gasteiger partial charge in [-0.05, 0) is 25.1 Å². The van der Waals surface area contributed by atoms with Gasteiger partial charge in [0.05, 0.1) is 12.0 Å². The Bertz CT molecular complexity index is 661. The minimum Gasteiger partial charge on any atom is -0.494 e. The van der Waals surface area contributed by atoms with Crippen molar-refractivity contribution in [3.05, 3.63) is 52.0 Å². The lowest BCUT2D eigenvalue weighted by Crippen LogP contribution is -1.98. The van der Waals surface area contributed by atoms with Crippen molar-refractivity contribution in [1.82, 2.24) is 4.98 Å². The standard InChI is InChI=1S/C13H12FN3O3/c1-8-5-13(15-7-11(8)17(18)19)16-9-3-4-10(14)12(6-9)20-2/h3-7H,1-2H3,(H,15,16). The SMILES string of the molecule is COc1cc(Nc2cc(C)c([N+](=O)[O-])cn2)ccc1F. The van der Waals surface area contributed by atoms with Gasteiger partial charge in [-0.3, -0.25) is 10.1 Å². The first-order chi connectivity index (χ1) is 9.51. The van der Waals surface area contributed by atoms with Crippen LogP contribution in [0.4, 0.5) is 21.6 Å². The number of hydrogen-bond acceptors (Lipinski definition) is 5. The van der Waals surface area contributed by atoms with Gasteiger partial charge in [0, 0.05) is 17.3 Å². The van der Waals surface area contributed by atoms with Gasteiger partial charge in [-0.2, -0.15) is 0 Å². The molecule has 0 bridgehead atoms. The van der Waals surface area contributed by atoms with Crippen LogP contribution >= 0.6 is 0 Å². The Morgan fingerprint density at radius 1 is 1.40 bits per heavy atom. The summed E-state index contributed by atoms with van der Waals surface area (Å²) in [4.78, 5) is 14.2. The van der Waals surface area contributed by atoms with Crippen LogP contribution in [0.15, 0.2) is 30.5 Å². The van der Waals surface area contributed by atoms with Gasteiger partial charge >= 0.3 is 0 Å². The molecular weight excluding hydrogens is 265 g/mol. The molecule has 0 amide bonds. The number of nitro groups is 1. The van der Waals surface area contributed by atoms with Crippen LogP contribution in [0.5, 0.6) is 5.75 Å². The molecule has 104 valence electrons. The third-order valence-corrected chi connectivity index (χ3v) is 2.70. The molecule has 1 heterocycles. The Balaban J connectivity index is 2.26. The van der Waals surface area contributed by atoms with Crippen molar-refractivity contribution in [3.8, 4) is 5.75 Å². The third kappa shape index (κ3) is 2.82. The summed E-state index contributed by atoms with van der Waals surface area (Å²) < 4.78 is 18.1. The monoisotopic (exact) mass is 277 g/mol. The molecule has 2 aromatic rings. The van der Waals surface area contributed by atoms with Gasteiger partial charge in [0.1, 0.15) is 12.0 Å². The molecule has 0 saturated carbocycles. The van der Waals surface area contributed by atoms with Crippen LogP contribution in [-0.2, 0) is 0 Å². The summed E-state index contributed by atoms with van der Waals surface area (Å²) in [6.45, 7) is 1.62. The number of aryl methyl sites for hydroxylation is 1.